The molecule has 2 fully saturated rings. The summed E-state index contributed by atoms with van der Waals surface area (Å²) in [6.45, 7) is 8.07. The lowest BCUT2D eigenvalue weighted by molar-refractivity contribution is -0.145. The van der Waals surface area contributed by atoms with Gasteiger partial charge in [-0.2, -0.15) is 4.37 Å². The van der Waals surface area contributed by atoms with Gasteiger partial charge < -0.3 is 10.2 Å². The van der Waals surface area contributed by atoms with E-state index in [-0.39, 0.29) is 11.3 Å². The van der Waals surface area contributed by atoms with Gasteiger partial charge in [-0.25, -0.2) is 4.98 Å². The highest BCUT2D eigenvalue weighted by Crippen LogP contribution is 2.39. The molecule has 0 spiro atoms. The number of nitrogens with one attached hydrogen (secondary N) is 1. The van der Waals surface area contributed by atoms with Gasteiger partial charge in [0, 0.05) is 30.7 Å². The third-order valence-corrected chi connectivity index (χ3v) is 5.32. The number of hydrogen-bond acceptors (Lipinski definition) is 5. The molecule has 104 valence electrons. The molecular weight excluding hydrogens is 260 g/mol. The molecule has 1 aromatic heterocycles. The van der Waals surface area contributed by atoms with Crippen LogP contribution >= 0.6 is 11.5 Å². The number of carbonyl (C=O) groups is 1. The Kier molecular flexibility index (Phi) is 3.00. The minimum absolute atomic E-state index is 0.188. The number of amides is 1. The van der Waals surface area contributed by atoms with Gasteiger partial charge in [0.05, 0.1) is 5.41 Å². The van der Waals surface area contributed by atoms with Crippen molar-refractivity contribution >= 4 is 22.6 Å². The number of hydrogen-bond donors (Lipinski definition) is 1. The second-order valence-corrected chi connectivity index (χ2v) is 6.85. The quantitative estimate of drug-likeness (QED) is 0.836. The normalized spacial score (nSPS) is 27.0. The number of aryl methyl sites for hydroxylation is 1. The molecule has 19 heavy (non-hydrogen) atoms. The summed E-state index contributed by atoms with van der Waals surface area (Å²) in [5, 5.41) is 4.11. The smallest absolute Gasteiger partial charge is 0.228 e. The van der Waals surface area contributed by atoms with Crippen molar-refractivity contribution in [1.82, 2.24) is 14.7 Å². The molecule has 0 saturated carbocycles. The molecule has 0 radical (unpaired) electrons. The Morgan fingerprint density at radius 3 is 2.53 bits per heavy atom. The van der Waals surface area contributed by atoms with E-state index in [2.05, 4.69) is 33.4 Å². The molecule has 0 bridgehead atoms. The van der Waals surface area contributed by atoms with Crippen molar-refractivity contribution in [2.75, 3.05) is 18.0 Å². The maximum absolute atomic E-state index is 11.6. The van der Waals surface area contributed by atoms with Gasteiger partial charge in [0.15, 0.2) is 0 Å². The van der Waals surface area contributed by atoms with Gasteiger partial charge in [-0.3, -0.25) is 4.79 Å². The second kappa shape index (κ2) is 4.44. The lowest BCUT2D eigenvalue weighted by atomic mass is 9.68. The maximum atomic E-state index is 11.6. The first-order valence-corrected chi connectivity index (χ1v) is 7.62. The summed E-state index contributed by atoms with van der Waals surface area (Å²) in [5.41, 5.74) is -0.188. The van der Waals surface area contributed by atoms with Gasteiger partial charge in [-0.15, -0.1) is 0 Å². The molecule has 0 aliphatic carbocycles. The predicted molar refractivity (Wildman–Crippen MR) is 75.3 cm³/mol. The van der Waals surface area contributed by atoms with Crippen LogP contribution in [0.2, 0.25) is 0 Å². The van der Waals surface area contributed by atoms with Crippen LogP contribution in [0.15, 0.2) is 0 Å². The van der Waals surface area contributed by atoms with Crippen molar-refractivity contribution in [2.45, 2.75) is 39.7 Å². The Morgan fingerprint density at radius 2 is 2.05 bits per heavy atom. The average Bonchev–Trinajstić information content (AvgIpc) is 2.83. The molecule has 0 aromatic carbocycles. The van der Waals surface area contributed by atoms with Gasteiger partial charge >= 0.3 is 0 Å². The standard InChI is InChI=1S/C13H20N4OS/c1-8-14-12(19-16-8)17-6-4-9(5-7-17)10-13(2,3)11(18)15-10/h9-10H,4-7H2,1-3H3,(H,15,18). The molecule has 3 heterocycles. The summed E-state index contributed by atoms with van der Waals surface area (Å²) in [4.78, 5) is 18.3. The summed E-state index contributed by atoms with van der Waals surface area (Å²) in [6.07, 6.45) is 2.24. The van der Waals surface area contributed by atoms with Crippen LogP contribution in [0.25, 0.3) is 0 Å². The van der Waals surface area contributed by atoms with Crippen LogP contribution in [0.1, 0.15) is 32.5 Å². The van der Waals surface area contributed by atoms with Crippen LogP contribution in [-0.2, 0) is 4.79 Å². The van der Waals surface area contributed by atoms with Crippen molar-refractivity contribution in [3.05, 3.63) is 5.82 Å². The molecule has 3 rings (SSSR count). The van der Waals surface area contributed by atoms with E-state index in [4.69, 9.17) is 0 Å². The van der Waals surface area contributed by atoms with Crippen molar-refractivity contribution in [3.63, 3.8) is 0 Å². The summed E-state index contributed by atoms with van der Waals surface area (Å²) >= 11 is 1.48. The molecule has 1 atom stereocenters. The van der Waals surface area contributed by atoms with E-state index in [1.807, 2.05) is 6.92 Å². The van der Waals surface area contributed by atoms with E-state index in [0.29, 0.717) is 12.0 Å². The maximum Gasteiger partial charge on any atom is 0.228 e. The molecule has 2 aliphatic rings. The predicted octanol–water partition coefficient (Wildman–Crippen LogP) is 1.59. The van der Waals surface area contributed by atoms with Gasteiger partial charge in [0.25, 0.3) is 0 Å². The van der Waals surface area contributed by atoms with E-state index in [0.717, 1.165) is 36.9 Å². The number of anilines is 1. The number of carbonyl (C=O) groups excluding carboxylic acids is 1. The summed E-state index contributed by atoms with van der Waals surface area (Å²) in [6, 6.07) is 0.346. The topological polar surface area (TPSA) is 58.1 Å². The molecule has 1 aromatic rings. The lowest BCUT2D eigenvalue weighted by Gasteiger charge is -2.50. The zero-order valence-corrected chi connectivity index (χ0v) is 12.5. The Bertz CT molecular complexity index is 491. The number of nitrogens with zero attached hydrogens (tertiary/aromatic N) is 3. The zero-order chi connectivity index (χ0) is 13.6. The van der Waals surface area contributed by atoms with Crippen LogP contribution in [0.5, 0.6) is 0 Å². The Balaban J connectivity index is 1.60. The molecular formula is C13H20N4OS. The van der Waals surface area contributed by atoms with Crippen LogP contribution in [0.3, 0.4) is 0 Å². The van der Waals surface area contributed by atoms with E-state index in [1.165, 1.54) is 11.5 Å². The minimum atomic E-state index is -0.188. The molecule has 1 unspecified atom stereocenters. The molecule has 5 nitrogen and oxygen atoms in total. The monoisotopic (exact) mass is 280 g/mol. The minimum Gasteiger partial charge on any atom is -0.351 e. The second-order valence-electron chi connectivity index (χ2n) is 6.12. The number of aromatic nitrogens is 2. The van der Waals surface area contributed by atoms with E-state index in [1.54, 1.807) is 0 Å². The van der Waals surface area contributed by atoms with Crippen molar-refractivity contribution in [3.8, 4) is 0 Å². The molecule has 6 heteroatoms. The third-order valence-electron chi connectivity index (χ3n) is 4.45. The van der Waals surface area contributed by atoms with Crippen molar-refractivity contribution < 1.29 is 4.79 Å². The fourth-order valence-electron chi connectivity index (χ4n) is 3.12. The average molecular weight is 280 g/mol. The van der Waals surface area contributed by atoms with Crippen molar-refractivity contribution in [1.29, 1.82) is 0 Å². The SMILES string of the molecule is Cc1nsc(N2CCC(C3NC(=O)C3(C)C)CC2)n1. The van der Waals surface area contributed by atoms with E-state index < -0.39 is 0 Å². The molecule has 1 N–H and O–H groups in total. The van der Waals surface area contributed by atoms with E-state index in [9.17, 15) is 4.79 Å². The summed E-state index contributed by atoms with van der Waals surface area (Å²) in [7, 11) is 0. The van der Waals surface area contributed by atoms with Crippen LogP contribution in [0, 0.1) is 18.3 Å². The largest absolute Gasteiger partial charge is 0.351 e. The molecule has 2 saturated heterocycles. The van der Waals surface area contributed by atoms with Gasteiger partial charge in [0.2, 0.25) is 11.0 Å². The molecule has 1 amide bonds. The first kappa shape index (κ1) is 12.8. The fourth-order valence-corrected chi connectivity index (χ4v) is 3.84. The van der Waals surface area contributed by atoms with Gasteiger partial charge in [-0.05, 0) is 39.5 Å². The summed E-state index contributed by atoms with van der Waals surface area (Å²) < 4.78 is 4.24. The first-order valence-electron chi connectivity index (χ1n) is 6.84. The highest BCUT2D eigenvalue weighted by atomic mass is 32.1. The fraction of sp³-hybridized carbons (Fsp3) is 0.769. The van der Waals surface area contributed by atoms with Gasteiger partial charge in [0.1, 0.15) is 5.82 Å². The van der Waals surface area contributed by atoms with Crippen molar-refractivity contribution in [2.24, 2.45) is 11.3 Å². The van der Waals surface area contributed by atoms with Crippen LogP contribution < -0.4 is 10.2 Å². The first-order chi connectivity index (χ1) is 8.98. The van der Waals surface area contributed by atoms with Crippen LogP contribution in [0.4, 0.5) is 5.13 Å². The highest BCUT2D eigenvalue weighted by Gasteiger charge is 2.50. The molecule has 2 aliphatic heterocycles. The number of rotatable bonds is 2. The zero-order valence-electron chi connectivity index (χ0n) is 11.6. The van der Waals surface area contributed by atoms with Crippen LogP contribution in [-0.4, -0.2) is 34.4 Å². The van der Waals surface area contributed by atoms with Gasteiger partial charge in [-0.1, -0.05) is 0 Å². The number of piperidine rings is 1. The Hall–Kier alpha value is -1.17. The Labute approximate surface area is 117 Å². The Morgan fingerprint density at radius 1 is 1.37 bits per heavy atom. The third kappa shape index (κ3) is 2.12. The summed E-state index contributed by atoms with van der Waals surface area (Å²) in [5.74, 6) is 1.65. The highest BCUT2D eigenvalue weighted by molar-refractivity contribution is 7.09. The lowest BCUT2D eigenvalue weighted by Crippen LogP contribution is -2.67. The number of β-lactam (4-membered cyclic amide) rings is 1. The van der Waals surface area contributed by atoms with E-state index >= 15 is 0 Å².